The number of nitrogens with one attached hydrogen (secondary N) is 3. The zero-order valence-corrected chi connectivity index (χ0v) is 13.0. The van der Waals surface area contributed by atoms with Crippen LogP contribution in [-0.2, 0) is 6.54 Å². The van der Waals surface area contributed by atoms with Crippen molar-refractivity contribution in [3.63, 3.8) is 0 Å². The molecule has 0 aromatic carbocycles. The van der Waals surface area contributed by atoms with Gasteiger partial charge in [-0.3, -0.25) is 4.79 Å². The second-order valence-electron chi connectivity index (χ2n) is 4.95. The molecule has 0 radical (unpaired) electrons. The molecule has 0 saturated carbocycles. The number of thioether (sulfide) groups is 1. The molecule has 0 spiro atoms. The van der Waals surface area contributed by atoms with Crippen LogP contribution in [0.1, 0.15) is 25.3 Å². The quantitative estimate of drug-likeness (QED) is 0.523. The van der Waals surface area contributed by atoms with Gasteiger partial charge in [-0.25, -0.2) is 4.98 Å². The summed E-state index contributed by atoms with van der Waals surface area (Å²) in [6.45, 7) is 3.28. The Hall–Kier alpha value is -1.31. The fourth-order valence-corrected chi connectivity index (χ4v) is 3.01. The molecule has 2 rings (SSSR count). The first-order valence-electron chi connectivity index (χ1n) is 7.22. The van der Waals surface area contributed by atoms with Crippen molar-refractivity contribution >= 4 is 22.8 Å². The van der Waals surface area contributed by atoms with E-state index in [1.54, 1.807) is 6.20 Å². The van der Waals surface area contributed by atoms with Crippen LogP contribution in [0.3, 0.4) is 0 Å². The van der Waals surface area contributed by atoms with Crippen molar-refractivity contribution < 1.29 is 5.11 Å². The van der Waals surface area contributed by atoms with Gasteiger partial charge in [-0.2, -0.15) is 11.8 Å². The van der Waals surface area contributed by atoms with Crippen LogP contribution in [-0.4, -0.2) is 44.2 Å². The van der Waals surface area contributed by atoms with Crippen molar-refractivity contribution in [1.29, 1.82) is 0 Å². The molecule has 0 fully saturated rings. The average Bonchev–Trinajstić information content (AvgIpc) is 2.89. The first kappa shape index (κ1) is 16.1. The van der Waals surface area contributed by atoms with Gasteiger partial charge in [-0.05, 0) is 24.3 Å². The Morgan fingerprint density at radius 2 is 2.29 bits per heavy atom. The van der Waals surface area contributed by atoms with Gasteiger partial charge in [0, 0.05) is 24.8 Å². The van der Waals surface area contributed by atoms with Crippen molar-refractivity contribution in [3.8, 4) is 0 Å². The lowest BCUT2D eigenvalue weighted by atomic mass is 10.2. The van der Waals surface area contributed by atoms with Gasteiger partial charge in [0.05, 0.1) is 17.9 Å². The molecule has 7 heteroatoms. The molecule has 6 nitrogen and oxygen atoms in total. The van der Waals surface area contributed by atoms with E-state index in [1.807, 2.05) is 11.8 Å². The standard InChI is InChI=1S/C14H22N4O2S/c1-2-4-21-5-3-11(19)8-15-6-10-7-16-13-12(10)17-9-18-14(13)20/h7,9,11,15-16,19H,2-6,8H2,1H3,(H,17,18,20)/t11-/m1/s1. The molecule has 2 aromatic heterocycles. The summed E-state index contributed by atoms with van der Waals surface area (Å²) in [7, 11) is 0. The minimum atomic E-state index is -0.337. The number of aliphatic hydroxyl groups is 1. The highest BCUT2D eigenvalue weighted by atomic mass is 32.2. The van der Waals surface area contributed by atoms with Crippen molar-refractivity contribution in [1.82, 2.24) is 20.3 Å². The zero-order valence-electron chi connectivity index (χ0n) is 12.2. The maximum absolute atomic E-state index is 11.6. The maximum atomic E-state index is 11.6. The van der Waals surface area contributed by atoms with Crippen molar-refractivity contribution in [3.05, 3.63) is 28.4 Å². The number of hydrogen-bond donors (Lipinski definition) is 4. The lowest BCUT2D eigenvalue weighted by Gasteiger charge is -2.11. The van der Waals surface area contributed by atoms with Gasteiger partial charge in [-0.1, -0.05) is 6.92 Å². The summed E-state index contributed by atoms with van der Waals surface area (Å²) in [5, 5.41) is 13.1. The van der Waals surface area contributed by atoms with Gasteiger partial charge in [0.1, 0.15) is 5.52 Å². The summed E-state index contributed by atoms with van der Waals surface area (Å²) in [6, 6.07) is 0. The SMILES string of the molecule is CCCSCC[C@@H](O)CNCc1c[nH]c2c(=O)[nH]cnc12. The zero-order chi connectivity index (χ0) is 15.1. The number of hydrogen-bond acceptors (Lipinski definition) is 5. The Balaban J connectivity index is 1.77. The normalized spacial score (nSPS) is 12.9. The number of aliphatic hydroxyl groups excluding tert-OH is 1. The minimum Gasteiger partial charge on any atom is -0.392 e. The Bertz CT molecular complexity index is 610. The van der Waals surface area contributed by atoms with E-state index in [2.05, 4.69) is 27.2 Å². The Morgan fingerprint density at radius 3 is 3.10 bits per heavy atom. The number of rotatable bonds is 9. The molecule has 0 bridgehead atoms. The molecule has 1 atom stereocenters. The van der Waals surface area contributed by atoms with E-state index in [1.165, 1.54) is 12.7 Å². The van der Waals surface area contributed by atoms with Crippen molar-refractivity contribution in [2.75, 3.05) is 18.1 Å². The summed E-state index contributed by atoms with van der Waals surface area (Å²) in [4.78, 5) is 21.2. The highest BCUT2D eigenvalue weighted by molar-refractivity contribution is 7.99. The third kappa shape index (κ3) is 4.59. The summed E-state index contributed by atoms with van der Waals surface area (Å²) in [5.74, 6) is 2.14. The third-order valence-corrected chi connectivity index (χ3v) is 4.41. The summed E-state index contributed by atoms with van der Waals surface area (Å²) < 4.78 is 0. The second kappa shape index (κ2) is 8.21. The van der Waals surface area contributed by atoms with Crippen LogP contribution >= 0.6 is 11.8 Å². The molecular formula is C14H22N4O2S. The Labute approximate surface area is 127 Å². The van der Waals surface area contributed by atoms with Gasteiger partial charge >= 0.3 is 0 Å². The van der Waals surface area contributed by atoms with E-state index in [0.29, 0.717) is 24.1 Å². The van der Waals surface area contributed by atoms with Crippen LogP contribution in [0.25, 0.3) is 11.0 Å². The second-order valence-corrected chi connectivity index (χ2v) is 6.18. The molecule has 0 aliphatic heterocycles. The van der Waals surface area contributed by atoms with Crippen LogP contribution in [0.2, 0.25) is 0 Å². The van der Waals surface area contributed by atoms with Crippen molar-refractivity contribution in [2.24, 2.45) is 0 Å². The molecule has 0 unspecified atom stereocenters. The fourth-order valence-electron chi connectivity index (χ4n) is 2.08. The van der Waals surface area contributed by atoms with Crippen LogP contribution in [0.15, 0.2) is 17.3 Å². The van der Waals surface area contributed by atoms with E-state index in [9.17, 15) is 9.90 Å². The van der Waals surface area contributed by atoms with E-state index < -0.39 is 0 Å². The number of H-pyrrole nitrogens is 2. The van der Waals surface area contributed by atoms with Gasteiger partial charge in [-0.15, -0.1) is 0 Å². The van der Waals surface area contributed by atoms with Gasteiger partial charge in [0.15, 0.2) is 0 Å². The predicted octanol–water partition coefficient (Wildman–Crippen LogP) is 1.24. The first-order valence-corrected chi connectivity index (χ1v) is 8.38. The molecule has 2 aromatic rings. The predicted molar refractivity (Wildman–Crippen MR) is 86.7 cm³/mol. The van der Waals surface area contributed by atoms with E-state index >= 15 is 0 Å². The average molecular weight is 310 g/mol. The largest absolute Gasteiger partial charge is 0.392 e. The molecule has 0 saturated heterocycles. The monoisotopic (exact) mass is 310 g/mol. The summed E-state index contributed by atoms with van der Waals surface area (Å²) >= 11 is 1.88. The molecule has 21 heavy (non-hydrogen) atoms. The van der Waals surface area contributed by atoms with Crippen molar-refractivity contribution in [2.45, 2.75) is 32.4 Å². The highest BCUT2D eigenvalue weighted by Gasteiger charge is 2.08. The smallest absolute Gasteiger partial charge is 0.275 e. The highest BCUT2D eigenvalue weighted by Crippen LogP contribution is 2.11. The minimum absolute atomic E-state index is 0.167. The number of aromatic amines is 2. The number of fused-ring (bicyclic) bond motifs is 1. The van der Waals surface area contributed by atoms with E-state index in [4.69, 9.17) is 0 Å². The molecule has 2 heterocycles. The maximum Gasteiger partial charge on any atom is 0.275 e. The molecular weight excluding hydrogens is 288 g/mol. The summed E-state index contributed by atoms with van der Waals surface area (Å²) in [5.41, 5.74) is 1.94. The first-order chi connectivity index (χ1) is 10.2. The lowest BCUT2D eigenvalue weighted by molar-refractivity contribution is 0.168. The van der Waals surface area contributed by atoms with Gasteiger partial charge < -0.3 is 20.4 Å². The fraction of sp³-hybridized carbons (Fsp3) is 0.571. The van der Waals surface area contributed by atoms with E-state index in [-0.39, 0.29) is 11.7 Å². The lowest BCUT2D eigenvalue weighted by Crippen LogP contribution is -2.26. The number of aromatic nitrogens is 3. The Kier molecular flexibility index (Phi) is 6.28. The number of nitrogens with zero attached hydrogens (tertiary/aromatic N) is 1. The van der Waals surface area contributed by atoms with Gasteiger partial charge in [0.2, 0.25) is 0 Å². The van der Waals surface area contributed by atoms with Gasteiger partial charge in [0.25, 0.3) is 5.56 Å². The summed E-state index contributed by atoms with van der Waals surface area (Å²) in [6.07, 6.45) is 4.82. The molecule has 0 aliphatic rings. The molecule has 0 amide bonds. The molecule has 116 valence electrons. The topological polar surface area (TPSA) is 93.8 Å². The van der Waals surface area contributed by atoms with Crippen LogP contribution < -0.4 is 10.9 Å². The van der Waals surface area contributed by atoms with Crippen LogP contribution in [0.4, 0.5) is 0 Å². The van der Waals surface area contributed by atoms with Crippen LogP contribution in [0.5, 0.6) is 0 Å². The molecule has 4 N–H and O–H groups in total. The third-order valence-electron chi connectivity index (χ3n) is 3.19. The Morgan fingerprint density at radius 1 is 1.43 bits per heavy atom. The molecule has 0 aliphatic carbocycles. The van der Waals surface area contributed by atoms with E-state index in [0.717, 1.165) is 23.5 Å². The van der Waals surface area contributed by atoms with Crippen LogP contribution in [0, 0.1) is 0 Å².